The van der Waals surface area contributed by atoms with Crippen molar-refractivity contribution >= 4 is 5.97 Å². The van der Waals surface area contributed by atoms with Crippen LogP contribution >= 0.6 is 0 Å². The van der Waals surface area contributed by atoms with Crippen LogP contribution in [0.2, 0.25) is 0 Å². The summed E-state index contributed by atoms with van der Waals surface area (Å²) in [6.45, 7) is 21.8. The van der Waals surface area contributed by atoms with E-state index in [1.54, 1.807) is 14.0 Å². The number of ether oxygens (including phenoxy) is 7. The minimum atomic E-state index is -1.75. The van der Waals surface area contributed by atoms with Gasteiger partial charge in [-0.2, -0.15) is 0 Å². The Bertz CT molecular complexity index is 1130. The fourth-order valence-corrected chi connectivity index (χ4v) is 9.41. The molecule has 2 bridgehead atoms. The van der Waals surface area contributed by atoms with Gasteiger partial charge in [-0.1, -0.05) is 34.6 Å². The number of aliphatic hydroxyl groups is 3. The van der Waals surface area contributed by atoms with E-state index in [4.69, 9.17) is 33.2 Å². The van der Waals surface area contributed by atoms with Crippen molar-refractivity contribution in [1.82, 2.24) is 4.90 Å². The zero-order valence-corrected chi connectivity index (χ0v) is 33.0. The summed E-state index contributed by atoms with van der Waals surface area (Å²) in [5, 5.41) is 35.2. The molecule has 0 aromatic carbocycles. The number of cyclic esters (lactones) is 1. The van der Waals surface area contributed by atoms with Gasteiger partial charge in [0, 0.05) is 37.8 Å². The molecular formula is C38H69NO11. The zero-order chi connectivity index (χ0) is 37.5. The predicted octanol–water partition coefficient (Wildman–Crippen LogP) is 4.04. The number of carbonyl (C=O) groups excluding carboxylic acids is 1. The molecule has 18 atom stereocenters. The minimum Gasteiger partial charge on any atom is -0.459 e. The molecule has 12 heteroatoms. The molecule has 50 heavy (non-hydrogen) atoms. The van der Waals surface area contributed by atoms with E-state index in [2.05, 4.69) is 18.7 Å². The van der Waals surface area contributed by atoms with Crippen molar-refractivity contribution < 1.29 is 53.3 Å². The third-order valence-electron chi connectivity index (χ3n) is 12.5. The Kier molecular flexibility index (Phi) is 13.6. The summed E-state index contributed by atoms with van der Waals surface area (Å²) >= 11 is 0. The highest BCUT2D eigenvalue weighted by molar-refractivity contribution is 5.73. The van der Waals surface area contributed by atoms with Gasteiger partial charge in [-0.05, 0) is 80.3 Å². The van der Waals surface area contributed by atoms with E-state index < -0.39 is 89.7 Å². The second-order valence-electron chi connectivity index (χ2n) is 16.9. The summed E-state index contributed by atoms with van der Waals surface area (Å²) in [5.74, 6) is -2.47. The average Bonchev–Trinajstić information content (AvgIpc) is 3.37. The number of carbonyl (C=O) groups is 1. The molecule has 4 aliphatic heterocycles. The van der Waals surface area contributed by atoms with Crippen LogP contribution in [-0.4, -0.2) is 131 Å². The highest BCUT2D eigenvalue weighted by Crippen LogP contribution is 2.48. The fraction of sp³-hybridized carbons (Fsp3) is 0.974. The van der Waals surface area contributed by atoms with E-state index in [1.165, 1.54) is 6.92 Å². The van der Waals surface area contributed by atoms with Crippen molar-refractivity contribution in [2.75, 3.05) is 20.7 Å². The Balaban J connectivity index is 1.83. The summed E-state index contributed by atoms with van der Waals surface area (Å²) in [4.78, 5) is 16.2. The second-order valence-corrected chi connectivity index (χ2v) is 16.9. The Morgan fingerprint density at radius 3 is 2.18 bits per heavy atom. The van der Waals surface area contributed by atoms with E-state index in [0.29, 0.717) is 32.1 Å². The number of rotatable bonds is 8. The van der Waals surface area contributed by atoms with Gasteiger partial charge in [-0.3, -0.25) is 4.79 Å². The highest BCUT2D eigenvalue weighted by Gasteiger charge is 2.57. The Morgan fingerprint density at radius 1 is 0.920 bits per heavy atom. The third-order valence-corrected chi connectivity index (χ3v) is 12.5. The lowest BCUT2D eigenvalue weighted by Gasteiger charge is -2.48. The van der Waals surface area contributed by atoms with E-state index in [-0.39, 0.29) is 24.2 Å². The molecule has 0 aliphatic carbocycles. The van der Waals surface area contributed by atoms with E-state index in [1.807, 2.05) is 55.5 Å². The molecule has 292 valence electrons. The van der Waals surface area contributed by atoms with Crippen LogP contribution in [0.4, 0.5) is 0 Å². The molecule has 0 amide bonds. The van der Waals surface area contributed by atoms with Crippen LogP contribution in [-0.2, 0) is 38.0 Å². The first-order valence-corrected chi connectivity index (χ1v) is 19.1. The molecular weight excluding hydrogens is 646 g/mol. The third kappa shape index (κ3) is 8.55. The highest BCUT2D eigenvalue weighted by atomic mass is 16.7. The van der Waals surface area contributed by atoms with Crippen LogP contribution in [0.5, 0.6) is 0 Å². The molecule has 3 N–H and O–H groups in total. The summed E-state index contributed by atoms with van der Waals surface area (Å²) in [6.07, 6.45) is -4.56. The van der Waals surface area contributed by atoms with Crippen LogP contribution in [0.15, 0.2) is 0 Å². The van der Waals surface area contributed by atoms with Crippen molar-refractivity contribution in [2.24, 2.45) is 23.7 Å². The molecule has 12 nitrogen and oxygen atoms in total. The normalized spacial score (nSPS) is 51.1. The number of likely N-dealkylation sites (N-methyl/N-ethyl adjacent to an activating group) is 1. The molecule has 4 rings (SSSR count). The molecule has 4 aliphatic rings. The number of hydrogen-bond acceptors (Lipinski definition) is 12. The van der Waals surface area contributed by atoms with Gasteiger partial charge in [0.25, 0.3) is 0 Å². The first-order valence-electron chi connectivity index (χ1n) is 19.1. The van der Waals surface area contributed by atoms with Crippen molar-refractivity contribution in [3.63, 3.8) is 0 Å². The van der Waals surface area contributed by atoms with Crippen LogP contribution < -0.4 is 0 Å². The summed E-state index contributed by atoms with van der Waals surface area (Å²) < 4.78 is 45.4. The number of esters is 1. The maximum atomic E-state index is 14.1. The lowest BCUT2D eigenvalue weighted by atomic mass is 9.76. The zero-order valence-electron chi connectivity index (χ0n) is 33.0. The molecule has 0 radical (unpaired) electrons. The first-order chi connectivity index (χ1) is 23.2. The van der Waals surface area contributed by atoms with Crippen molar-refractivity contribution in [1.29, 1.82) is 0 Å². The van der Waals surface area contributed by atoms with Gasteiger partial charge in [0.2, 0.25) is 0 Å². The molecule has 4 saturated heterocycles. The standard InChI is InChI=1S/C38H69NO11/c1-14-27-38(11,43)32(41)23(6)30-20(3)17-37(10,50-30)33(49-35-29(40)26(39(12)15-2)16-21(4)46-35)24(7)31(25(8)34(42)47-27)48-28-19-36(9,44-13)18-22(5)45-28/h20-33,35,40-41,43H,14-19H2,1-13H3/t20-,21+,22-,23+,24-,25+,26-,27-,28-,29+,30-,31-,32+,33+,35-,36-,37+,38+/m0/s1. The monoisotopic (exact) mass is 715 g/mol. The quantitative estimate of drug-likeness (QED) is 0.312. The maximum absolute atomic E-state index is 14.1. The number of methoxy groups -OCH3 is 1. The smallest absolute Gasteiger partial charge is 0.311 e. The van der Waals surface area contributed by atoms with E-state index >= 15 is 0 Å². The van der Waals surface area contributed by atoms with Crippen molar-refractivity contribution in [3.8, 4) is 0 Å². The number of hydrogen-bond donors (Lipinski definition) is 3. The van der Waals surface area contributed by atoms with Gasteiger partial charge in [0.15, 0.2) is 12.6 Å². The SMILES string of the molecule is CC[C@@H]1OC(=O)[C@H](C)[C@@H](O[C@H]2C[C@@](C)(OC)C[C@H](C)O2)[C@H](C)[C@@H](O[C@@H]2O[C@H](C)C[C@H](N(C)CC)[C@H]2O)[C@@]2(C)C[C@H](C)[C@H](O2)[C@@H](C)[C@@H](O)[C@]1(C)O. The van der Waals surface area contributed by atoms with Crippen molar-refractivity contribution in [3.05, 3.63) is 0 Å². The number of aliphatic hydroxyl groups excluding tert-OH is 2. The van der Waals surface area contributed by atoms with Gasteiger partial charge in [0.1, 0.15) is 17.8 Å². The summed E-state index contributed by atoms with van der Waals surface area (Å²) in [7, 11) is 3.67. The fourth-order valence-electron chi connectivity index (χ4n) is 9.41. The number of fused-ring (bicyclic) bond motifs is 2. The second kappa shape index (κ2) is 16.2. The van der Waals surface area contributed by atoms with Gasteiger partial charge in [-0.25, -0.2) is 0 Å². The van der Waals surface area contributed by atoms with Gasteiger partial charge >= 0.3 is 5.97 Å². The molecule has 0 aromatic heterocycles. The molecule has 4 heterocycles. The molecule has 0 unspecified atom stereocenters. The van der Waals surface area contributed by atoms with Crippen LogP contribution in [0.1, 0.15) is 108 Å². The molecule has 0 aromatic rings. The van der Waals surface area contributed by atoms with Crippen LogP contribution in [0.3, 0.4) is 0 Å². The largest absolute Gasteiger partial charge is 0.459 e. The number of nitrogens with zero attached hydrogens (tertiary/aromatic N) is 1. The van der Waals surface area contributed by atoms with Gasteiger partial charge < -0.3 is 53.4 Å². The predicted molar refractivity (Wildman–Crippen MR) is 187 cm³/mol. The Hall–Kier alpha value is -0.930. The van der Waals surface area contributed by atoms with E-state index in [0.717, 1.165) is 6.54 Å². The van der Waals surface area contributed by atoms with E-state index in [9.17, 15) is 20.1 Å². The molecule has 0 spiro atoms. The van der Waals surface area contributed by atoms with Crippen LogP contribution in [0.25, 0.3) is 0 Å². The topological polar surface area (TPSA) is 146 Å². The lowest BCUT2D eigenvalue weighted by molar-refractivity contribution is -0.312. The van der Waals surface area contributed by atoms with Crippen molar-refractivity contribution in [2.45, 2.75) is 193 Å². The molecule has 4 fully saturated rings. The Morgan fingerprint density at radius 2 is 1.58 bits per heavy atom. The van der Waals surface area contributed by atoms with Gasteiger partial charge in [-0.15, -0.1) is 0 Å². The van der Waals surface area contributed by atoms with Gasteiger partial charge in [0.05, 0.1) is 53.7 Å². The van der Waals surface area contributed by atoms with Crippen LogP contribution in [0, 0.1) is 23.7 Å². The summed E-state index contributed by atoms with van der Waals surface area (Å²) in [5.41, 5.74) is -3.20. The minimum absolute atomic E-state index is 0.0267. The average molecular weight is 716 g/mol. The lowest BCUT2D eigenvalue weighted by Crippen LogP contribution is -2.59. The Labute approximate surface area is 300 Å². The molecule has 0 saturated carbocycles. The first kappa shape index (κ1) is 41.8. The maximum Gasteiger partial charge on any atom is 0.311 e. The summed E-state index contributed by atoms with van der Waals surface area (Å²) in [6, 6.07) is -0.184.